The van der Waals surface area contributed by atoms with Gasteiger partial charge in [0.1, 0.15) is 12.4 Å². The van der Waals surface area contributed by atoms with E-state index in [1.807, 2.05) is 30.3 Å². The lowest BCUT2D eigenvalue weighted by atomic mass is 10.1. The van der Waals surface area contributed by atoms with Crippen LogP contribution in [0.2, 0.25) is 5.02 Å². The van der Waals surface area contributed by atoms with Crippen LogP contribution in [0.1, 0.15) is 27.9 Å². The molecule has 1 aliphatic rings. The number of halogens is 2. The highest BCUT2D eigenvalue weighted by Gasteiger charge is 2.17. The number of carboxylic acids is 1. The Morgan fingerprint density at radius 1 is 1.05 bits per heavy atom. The number of carbonyl (C=O) groups excluding carboxylic acids is 1. The number of benzene rings is 3. The number of anilines is 2. The van der Waals surface area contributed by atoms with Gasteiger partial charge in [-0.2, -0.15) is 0 Å². The fourth-order valence-corrected chi connectivity index (χ4v) is 4.71. The van der Waals surface area contributed by atoms with Crippen LogP contribution in [0.4, 0.5) is 15.8 Å². The molecule has 0 radical (unpaired) electrons. The number of amides is 1. The molecule has 0 spiro atoms. The summed E-state index contributed by atoms with van der Waals surface area (Å²) in [5.74, 6) is -1.04. The Labute approximate surface area is 247 Å². The van der Waals surface area contributed by atoms with Gasteiger partial charge in [0.25, 0.3) is 0 Å². The van der Waals surface area contributed by atoms with E-state index < -0.39 is 11.8 Å². The summed E-state index contributed by atoms with van der Waals surface area (Å²) in [6.07, 6.45) is 1.06. The van der Waals surface area contributed by atoms with Gasteiger partial charge < -0.3 is 25.2 Å². The minimum absolute atomic E-state index is 0.0127. The van der Waals surface area contributed by atoms with Gasteiger partial charge in [0.2, 0.25) is 11.8 Å². The molecule has 1 aromatic heterocycles. The van der Waals surface area contributed by atoms with Crippen molar-refractivity contribution < 1.29 is 28.6 Å². The zero-order valence-corrected chi connectivity index (χ0v) is 23.4. The van der Waals surface area contributed by atoms with Crippen LogP contribution in [0, 0.1) is 11.7 Å². The molecule has 1 atom stereocenters. The molecule has 1 aliphatic heterocycles. The average Bonchev–Trinajstić information content (AvgIpc) is 3.50. The lowest BCUT2D eigenvalue weighted by molar-refractivity contribution is -0.115. The number of aromatic carboxylic acids is 1. The standard InChI is InChI=1S/C32H29ClFN3O5/c33-25-10-8-24(26(34)16-25)19-42-31-3-1-2-27(37-31)22-6-4-20(5-7-22)14-30(38)36-28-11-9-23(32(39)40)15-29(28)35-17-21-12-13-41-18-21/h1-11,15-16,21,35H,12-14,17-19H2,(H,36,38)(H,39,40)/t21-/m0/s1. The molecule has 0 aliphatic carbocycles. The van der Waals surface area contributed by atoms with Crippen LogP contribution in [0.5, 0.6) is 5.88 Å². The Hall–Kier alpha value is -4.47. The summed E-state index contributed by atoms with van der Waals surface area (Å²) in [6, 6.07) is 21.8. The summed E-state index contributed by atoms with van der Waals surface area (Å²) in [4.78, 5) is 28.9. The molecule has 1 saturated heterocycles. The van der Waals surface area contributed by atoms with Crippen molar-refractivity contribution >= 4 is 34.9 Å². The van der Waals surface area contributed by atoms with E-state index in [1.165, 1.54) is 18.2 Å². The Kier molecular flexibility index (Phi) is 9.31. The lowest BCUT2D eigenvalue weighted by Crippen LogP contribution is -2.19. The van der Waals surface area contributed by atoms with E-state index in [0.29, 0.717) is 59.2 Å². The number of pyridine rings is 1. The molecular weight excluding hydrogens is 561 g/mol. The zero-order valence-electron chi connectivity index (χ0n) is 22.6. The van der Waals surface area contributed by atoms with Crippen LogP contribution in [0.15, 0.2) is 78.9 Å². The van der Waals surface area contributed by atoms with Gasteiger partial charge in [-0.25, -0.2) is 14.2 Å². The molecule has 4 aromatic rings. The third kappa shape index (κ3) is 7.63. The number of rotatable bonds is 11. The summed E-state index contributed by atoms with van der Waals surface area (Å²) >= 11 is 5.81. The van der Waals surface area contributed by atoms with Crippen molar-refractivity contribution in [1.29, 1.82) is 0 Å². The van der Waals surface area contributed by atoms with Crippen molar-refractivity contribution in [2.75, 3.05) is 30.4 Å². The van der Waals surface area contributed by atoms with E-state index in [2.05, 4.69) is 15.6 Å². The van der Waals surface area contributed by atoms with Crippen LogP contribution in [-0.4, -0.2) is 41.7 Å². The van der Waals surface area contributed by atoms with Crippen molar-refractivity contribution in [2.45, 2.75) is 19.4 Å². The van der Waals surface area contributed by atoms with E-state index in [9.17, 15) is 19.1 Å². The van der Waals surface area contributed by atoms with Gasteiger partial charge in [0.05, 0.1) is 35.7 Å². The number of carboxylic acid groups (broad SMARTS) is 1. The Morgan fingerprint density at radius 2 is 1.88 bits per heavy atom. The Bertz CT molecular complexity index is 1580. The smallest absolute Gasteiger partial charge is 0.335 e. The van der Waals surface area contributed by atoms with E-state index in [4.69, 9.17) is 21.1 Å². The maximum Gasteiger partial charge on any atom is 0.335 e. The lowest BCUT2D eigenvalue weighted by Gasteiger charge is -2.16. The highest BCUT2D eigenvalue weighted by Crippen LogP contribution is 2.26. The number of hydrogen-bond donors (Lipinski definition) is 3. The number of nitrogens with one attached hydrogen (secondary N) is 2. The molecule has 3 N–H and O–H groups in total. The van der Waals surface area contributed by atoms with Crippen molar-refractivity contribution in [3.63, 3.8) is 0 Å². The topological polar surface area (TPSA) is 110 Å². The van der Waals surface area contributed by atoms with E-state index in [-0.39, 0.29) is 24.5 Å². The highest BCUT2D eigenvalue weighted by molar-refractivity contribution is 6.30. The molecule has 0 unspecified atom stereocenters. The monoisotopic (exact) mass is 589 g/mol. The molecule has 216 valence electrons. The van der Waals surface area contributed by atoms with Gasteiger partial charge >= 0.3 is 5.97 Å². The number of ether oxygens (including phenoxy) is 2. The second kappa shape index (κ2) is 13.5. The van der Waals surface area contributed by atoms with Crippen molar-refractivity contribution in [3.8, 4) is 17.1 Å². The molecule has 1 amide bonds. The summed E-state index contributed by atoms with van der Waals surface area (Å²) < 4.78 is 25.2. The van der Waals surface area contributed by atoms with Crippen molar-refractivity contribution in [1.82, 2.24) is 4.98 Å². The molecule has 1 fully saturated rings. The van der Waals surface area contributed by atoms with Gasteiger partial charge in [-0.05, 0) is 48.4 Å². The van der Waals surface area contributed by atoms with Crippen molar-refractivity contribution in [3.05, 3.63) is 106 Å². The fourth-order valence-electron chi connectivity index (χ4n) is 4.55. The predicted octanol–water partition coefficient (Wildman–Crippen LogP) is 6.45. The van der Waals surface area contributed by atoms with Gasteiger partial charge in [-0.3, -0.25) is 4.79 Å². The van der Waals surface area contributed by atoms with Gasteiger partial charge in [0, 0.05) is 41.3 Å². The van der Waals surface area contributed by atoms with Crippen LogP contribution >= 0.6 is 11.6 Å². The van der Waals surface area contributed by atoms with Gasteiger partial charge in [-0.1, -0.05) is 48.0 Å². The van der Waals surface area contributed by atoms with Crippen LogP contribution in [-0.2, 0) is 22.6 Å². The zero-order chi connectivity index (χ0) is 29.5. The maximum atomic E-state index is 14.1. The van der Waals surface area contributed by atoms with Gasteiger partial charge in [-0.15, -0.1) is 0 Å². The number of carbonyl (C=O) groups is 2. The largest absolute Gasteiger partial charge is 0.478 e. The first-order chi connectivity index (χ1) is 20.3. The fraction of sp³-hybridized carbons (Fsp3) is 0.219. The second-order valence-electron chi connectivity index (χ2n) is 9.98. The third-order valence-corrected chi connectivity index (χ3v) is 7.11. The van der Waals surface area contributed by atoms with Crippen LogP contribution < -0.4 is 15.4 Å². The molecular formula is C32H29ClFN3O5. The quantitative estimate of drug-likeness (QED) is 0.184. The summed E-state index contributed by atoms with van der Waals surface area (Å²) in [5, 5.41) is 15.9. The first kappa shape index (κ1) is 29.0. The molecule has 42 heavy (non-hydrogen) atoms. The van der Waals surface area contributed by atoms with Gasteiger partial charge in [0.15, 0.2) is 0 Å². The number of nitrogens with zero attached hydrogens (tertiary/aromatic N) is 1. The Morgan fingerprint density at radius 3 is 2.62 bits per heavy atom. The summed E-state index contributed by atoms with van der Waals surface area (Å²) in [6.45, 7) is 1.99. The van der Waals surface area contributed by atoms with E-state index in [0.717, 1.165) is 17.5 Å². The first-order valence-electron chi connectivity index (χ1n) is 13.5. The number of aromatic nitrogens is 1. The van der Waals surface area contributed by atoms with E-state index >= 15 is 0 Å². The maximum absolute atomic E-state index is 14.1. The molecule has 0 saturated carbocycles. The minimum atomic E-state index is -1.04. The van der Waals surface area contributed by atoms with Crippen LogP contribution in [0.25, 0.3) is 11.3 Å². The first-order valence-corrected chi connectivity index (χ1v) is 13.8. The Balaban J connectivity index is 1.21. The third-order valence-electron chi connectivity index (χ3n) is 6.87. The summed E-state index contributed by atoms with van der Waals surface area (Å²) in [7, 11) is 0. The second-order valence-corrected chi connectivity index (χ2v) is 10.4. The predicted molar refractivity (Wildman–Crippen MR) is 159 cm³/mol. The molecule has 8 nitrogen and oxygen atoms in total. The van der Waals surface area contributed by atoms with Crippen molar-refractivity contribution in [2.24, 2.45) is 5.92 Å². The molecule has 2 heterocycles. The molecule has 0 bridgehead atoms. The molecule has 3 aromatic carbocycles. The molecule has 5 rings (SSSR count). The highest BCUT2D eigenvalue weighted by atomic mass is 35.5. The average molecular weight is 590 g/mol. The SMILES string of the molecule is O=C(Cc1ccc(-c2cccc(OCc3ccc(Cl)cc3F)n2)cc1)Nc1ccc(C(=O)O)cc1NC[C@@H]1CCOC1. The van der Waals surface area contributed by atoms with E-state index in [1.54, 1.807) is 30.3 Å². The van der Waals surface area contributed by atoms with Crippen LogP contribution in [0.3, 0.4) is 0 Å². The minimum Gasteiger partial charge on any atom is -0.478 e. The summed E-state index contributed by atoms with van der Waals surface area (Å²) in [5.41, 5.74) is 3.86. The number of hydrogen-bond acceptors (Lipinski definition) is 6. The molecule has 10 heteroatoms. The normalized spacial score (nSPS) is 14.4.